The average Bonchev–Trinajstić information content (AvgIpc) is 2.15. The quantitative estimate of drug-likeness (QED) is 0.772. The zero-order valence-corrected chi connectivity index (χ0v) is 7.92. The molecule has 0 saturated heterocycles. The number of aliphatic hydroxyl groups is 1. The minimum Gasteiger partial charge on any atom is -0.392 e. The molecular formula is C10H14FNO. The number of hydrogen-bond acceptors (Lipinski definition) is 2. The summed E-state index contributed by atoms with van der Waals surface area (Å²) in [5.41, 5.74) is 1.40. The molecule has 0 heterocycles. The SMILES string of the molecule is CCN(C)c1cc(F)cc(CO)c1. The van der Waals surface area contributed by atoms with Gasteiger partial charge in [0.1, 0.15) is 5.82 Å². The van der Waals surface area contributed by atoms with E-state index in [2.05, 4.69) is 0 Å². The first kappa shape index (κ1) is 9.99. The highest BCUT2D eigenvalue weighted by Gasteiger charge is 2.02. The summed E-state index contributed by atoms with van der Waals surface area (Å²) in [7, 11) is 1.88. The van der Waals surface area contributed by atoms with Crippen molar-refractivity contribution in [2.45, 2.75) is 13.5 Å². The lowest BCUT2D eigenvalue weighted by molar-refractivity contribution is 0.281. The Hall–Kier alpha value is -1.09. The maximum Gasteiger partial charge on any atom is 0.125 e. The summed E-state index contributed by atoms with van der Waals surface area (Å²) in [5, 5.41) is 8.86. The van der Waals surface area contributed by atoms with Crippen molar-refractivity contribution in [3.63, 3.8) is 0 Å². The molecule has 72 valence electrons. The molecule has 1 aromatic rings. The van der Waals surface area contributed by atoms with Crippen LogP contribution in [-0.2, 0) is 6.61 Å². The monoisotopic (exact) mass is 183 g/mol. The van der Waals surface area contributed by atoms with Gasteiger partial charge in [-0.2, -0.15) is 0 Å². The van der Waals surface area contributed by atoms with Gasteiger partial charge in [0.05, 0.1) is 6.61 Å². The lowest BCUT2D eigenvalue weighted by atomic mass is 10.2. The van der Waals surface area contributed by atoms with E-state index in [1.54, 1.807) is 6.07 Å². The van der Waals surface area contributed by atoms with Crippen LogP contribution in [0.1, 0.15) is 12.5 Å². The summed E-state index contributed by atoms with van der Waals surface area (Å²) in [6.45, 7) is 2.68. The molecule has 0 amide bonds. The molecule has 1 N–H and O–H groups in total. The number of hydrogen-bond donors (Lipinski definition) is 1. The van der Waals surface area contributed by atoms with Crippen LogP contribution in [-0.4, -0.2) is 18.7 Å². The topological polar surface area (TPSA) is 23.5 Å². The Morgan fingerprint density at radius 2 is 2.08 bits per heavy atom. The molecule has 0 aromatic heterocycles. The minimum absolute atomic E-state index is 0.123. The van der Waals surface area contributed by atoms with Gasteiger partial charge in [0, 0.05) is 19.3 Å². The van der Waals surface area contributed by atoms with Gasteiger partial charge in [-0.05, 0) is 30.7 Å². The van der Waals surface area contributed by atoms with Crippen LogP contribution >= 0.6 is 0 Å². The summed E-state index contributed by atoms with van der Waals surface area (Å²) >= 11 is 0. The van der Waals surface area contributed by atoms with Crippen molar-refractivity contribution in [3.05, 3.63) is 29.6 Å². The van der Waals surface area contributed by atoms with Crippen molar-refractivity contribution in [1.82, 2.24) is 0 Å². The van der Waals surface area contributed by atoms with Crippen LogP contribution in [0.4, 0.5) is 10.1 Å². The Balaban J connectivity index is 3.01. The van der Waals surface area contributed by atoms with E-state index in [1.807, 2.05) is 18.9 Å². The molecule has 0 spiro atoms. The molecular weight excluding hydrogens is 169 g/mol. The Morgan fingerprint density at radius 3 is 2.62 bits per heavy atom. The summed E-state index contributed by atoms with van der Waals surface area (Å²) in [5.74, 6) is -0.304. The molecule has 1 aromatic carbocycles. The van der Waals surface area contributed by atoms with Crippen molar-refractivity contribution in [2.24, 2.45) is 0 Å². The molecule has 0 radical (unpaired) electrons. The van der Waals surface area contributed by atoms with E-state index in [1.165, 1.54) is 12.1 Å². The molecule has 13 heavy (non-hydrogen) atoms. The molecule has 0 saturated carbocycles. The number of rotatable bonds is 3. The fraction of sp³-hybridized carbons (Fsp3) is 0.400. The Bertz CT molecular complexity index is 288. The van der Waals surface area contributed by atoms with Crippen LogP contribution in [0.3, 0.4) is 0 Å². The summed E-state index contributed by atoms with van der Waals surface area (Å²) < 4.78 is 13.0. The van der Waals surface area contributed by atoms with Crippen molar-refractivity contribution < 1.29 is 9.50 Å². The van der Waals surface area contributed by atoms with Gasteiger partial charge < -0.3 is 10.0 Å². The first-order valence-electron chi connectivity index (χ1n) is 4.28. The molecule has 2 nitrogen and oxygen atoms in total. The van der Waals surface area contributed by atoms with Gasteiger partial charge in [-0.3, -0.25) is 0 Å². The lowest BCUT2D eigenvalue weighted by Gasteiger charge is -2.17. The predicted octanol–water partition coefficient (Wildman–Crippen LogP) is 1.77. The van der Waals surface area contributed by atoms with Gasteiger partial charge in [0.2, 0.25) is 0 Å². The third-order valence-corrected chi connectivity index (χ3v) is 2.04. The summed E-state index contributed by atoms with van der Waals surface area (Å²) in [6.07, 6.45) is 0. The Labute approximate surface area is 77.6 Å². The molecule has 0 aliphatic carbocycles. The molecule has 3 heteroatoms. The summed E-state index contributed by atoms with van der Waals surface area (Å²) in [6, 6.07) is 4.59. The number of aliphatic hydroxyl groups excluding tert-OH is 1. The third kappa shape index (κ3) is 2.42. The fourth-order valence-corrected chi connectivity index (χ4v) is 1.13. The predicted molar refractivity (Wildman–Crippen MR) is 51.3 cm³/mol. The molecule has 0 unspecified atom stereocenters. The number of nitrogens with zero attached hydrogens (tertiary/aromatic N) is 1. The first-order valence-corrected chi connectivity index (χ1v) is 4.28. The van der Waals surface area contributed by atoms with Crippen molar-refractivity contribution in [3.8, 4) is 0 Å². The number of anilines is 1. The van der Waals surface area contributed by atoms with E-state index in [9.17, 15) is 4.39 Å². The zero-order valence-electron chi connectivity index (χ0n) is 7.92. The largest absolute Gasteiger partial charge is 0.392 e. The second-order valence-electron chi connectivity index (χ2n) is 2.99. The highest BCUT2D eigenvalue weighted by Crippen LogP contribution is 2.17. The summed E-state index contributed by atoms with van der Waals surface area (Å²) in [4.78, 5) is 1.92. The van der Waals surface area contributed by atoms with E-state index in [0.29, 0.717) is 5.56 Å². The van der Waals surface area contributed by atoms with Gasteiger partial charge in [-0.25, -0.2) is 4.39 Å². The molecule has 0 atom stereocenters. The normalized spacial score (nSPS) is 10.2. The maximum absolute atomic E-state index is 13.0. The smallest absolute Gasteiger partial charge is 0.125 e. The van der Waals surface area contributed by atoms with Gasteiger partial charge >= 0.3 is 0 Å². The molecule has 1 rings (SSSR count). The maximum atomic E-state index is 13.0. The van der Waals surface area contributed by atoms with E-state index in [-0.39, 0.29) is 12.4 Å². The van der Waals surface area contributed by atoms with Gasteiger partial charge in [-0.1, -0.05) is 0 Å². The fourth-order valence-electron chi connectivity index (χ4n) is 1.13. The molecule has 0 aliphatic rings. The number of benzene rings is 1. The van der Waals surface area contributed by atoms with E-state index >= 15 is 0 Å². The van der Waals surface area contributed by atoms with Gasteiger partial charge in [0.25, 0.3) is 0 Å². The van der Waals surface area contributed by atoms with Crippen LogP contribution in [0, 0.1) is 5.82 Å². The third-order valence-electron chi connectivity index (χ3n) is 2.04. The molecule has 0 fully saturated rings. The van der Waals surface area contributed by atoms with Crippen LogP contribution < -0.4 is 4.90 Å². The van der Waals surface area contributed by atoms with E-state index < -0.39 is 0 Å². The van der Waals surface area contributed by atoms with Crippen LogP contribution in [0.15, 0.2) is 18.2 Å². The Morgan fingerprint density at radius 1 is 1.38 bits per heavy atom. The van der Waals surface area contributed by atoms with Crippen LogP contribution in [0.25, 0.3) is 0 Å². The van der Waals surface area contributed by atoms with Crippen LogP contribution in [0.5, 0.6) is 0 Å². The van der Waals surface area contributed by atoms with E-state index in [0.717, 1.165) is 12.2 Å². The zero-order chi connectivity index (χ0) is 9.84. The van der Waals surface area contributed by atoms with Crippen molar-refractivity contribution in [1.29, 1.82) is 0 Å². The average molecular weight is 183 g/mol. The van der Waals surface area contributed by atoms with Crippen molar-refractivity contribution in [2.75, 3.05) is 18.5 Å². The second kappa shape index (κ2) is 4.23. The van der Waals surface area contributed by atoms with Crippen LogP contribution in [0.2, 0.25) is 0 Å². The first-order chi connectivity index (χ1) is 6.17. The van der Waals surface area contributed by atoms with Gasteiger partial charge in [0.15, 0.2) is 0 Å². The standard InChI is InChI=1S/C10H14FNO/c1-3-12(2)10-5-8(7-13)4-9(11)6-10/h4-6,13H,3,7H2,1-2H3. The van der Waals surface area contributed by atoms with E-state index in [4.69, 9.17) is 5.11 Å². The molecule has 0 aliphatic heterocycles. The number of halogens is 1. The molecule has 0 bridgehead atoms. The Kier molecular flexibility index (Phi) is 3.25. The minimum atomic E-state index is -0.304. The second-order valence-corrected chi connectivity index (χ2v) is 2.99. The lowest BCUT2D eigenvalue weighted by Crippen LogP contribution is -2.16. The van der Waals surface area contributed by atoms with Crippen molar-refractivity contribution >= 4 is 5.69 Å². The van der Waals surface area contributed by atoms with Gasteiger partial charge in [-0.15, -0.1) is 0 Å². The highest BCUT2D eigenvalue weighted by molar-refractivity contribution is 5.48. The highest BCUT2D eigenvalue weighted by atomic mass is 19.1.